The summed E-state index contributed by atoms with van der Waals surface area (Å²) in [6, 6.07) is 17.4. The Labute approximate surface area is 180 Å². The van der Waals surface area contributed by atoms with Gasteiger partial charge in [0.1, 0.15) is 5.60 Å². The molecule has 1 saturated heterocycles. The molecule has 160 valence electrons. The molecule has 0 N–H and O–H groups in total. The minimum absolute atomic E-state index is 0.148. The second-order valence-electron chi connectivity index (χ2n) is 8.83. The fraction of sp³-hybridized carbons (Fsp3) is 0.500. The molecule has 0 bridgehead atoms. The van der Waals surface area contributed by atoms with Gasteiger partial charge in [0, 0.05) is 13.1 Å². The maximum atomic E-state index is 12.4. The number of benzene rings is 2. The summed E-state index contributed by atoms with van der Waals surface area (Å²) in [4.78, 5) is 16.7. The van der Waals surface area contributed by atoms with Crippen LogP contribution in [0.5, 0.6) is 0 Å². The van der Waals surface area contributed by atoms with E-state index < -0.39 is 0 Å². The van der Waals surface area contributed by atoms with Gasteiger partial charge in [-0.15, -0.1) is 0 Å². The Morgan fingerprint density at radius 1 is 0.933 bits per heavy atom. The lowest BCUT2D eigenvalue weighted by Crippen LogP contribution is -2.36. The first-order valence-electron chi connectivity index (χ1n) is 11.5. The van der Waals surface area contributed by atoms with Crippen molar-refractivity contribution in [3.63, 3.8) is 0 Å². The van der Waals surface area contributed by atoms with Crippen molar-refractivity contribution in [3.8, 4) is 11.1 Å². The van der Waals surface area contributed by atoms with Gasteiger partial charge >= 0.3 is 6.09 Å². The van der Waals surface area contributed by atoms with Gasteiger partial charge in [0.25, 0.3) is 0 Å². The predicted molar refractivity (Wildman–Crippen MR) is 121 cm³/mol. The number of amides is 1. The highest BCUT2D eigenvalue weighted by Gasteiger charge is 2.45. The van der Waals surface area contributed by atoms with Gasteiger partial charge in [-0.1, -0.05) is 62.7 Å². The van der Waals surface area contributed by atoms with Crippen LogP contribution in [-0.4, -0.2) is 41.1 Å². The molecule has 2 aromatic carbocycles. The van der Waals surface area contributed by atoms with E-state index >= 15 is 0 Å². The number of carbonyl (C=O) groups excluding carboxylic acids is 1. The molecule has 2 aliphatic rings. The Morgan fingerprint density at radius 3 is 2.37 bits per heavy atom. The van der Waals surface area contributed by atoms with Crippen molar-refractivity contribution < 1.29 is 9.53 Å². The zero-order valence-corrected chi connectivity index (χ0v) is 18.4. The summed E-state index contributed by atoms with van der Waals surface area (Å²) in [7, 11) is 0. The molecule has 4 nitrogen and oxygen atoms in total. The van der Waals surface area contributed by atoms with Crippen LogP contribution in [0.15, 0.2) is 48.5 Å². The van der Waals surface area contributed by atoms with Gasteiger partial charge in [0.05, 0.1) is 6.54 Å². The summed E-state index contributed by atoms with van der Waals surface area (Å²) in [5, 5.41) is 0. The van der Waals surface area contributed by atoms with Crippen molar-refractivity contribution in [1.82, 2.24) is 9.80 Å². The summed E-state index contributed by atoms with van der Waals surface area (Å²) >= 11 is 0. The topological polar surface area (TPSA) is 32.8 Å². The van der Waals surface area contributed by atoms with E-state index in [1.54, 1.807) is 0 Å². The Hall–Kier alpha value is -2.33. The number of hydrogen-bond acceptors (Lipinski definition) is 3. The average molecular weight is 407 g/mol. The molecule has 2 fully saturated rings. The molecule has 1 saturated carbocycles. The third-order valence-electron chi connectivity index (χ3n) is 6.69. The zero-order chi connectivity index (χ0) is 21.0. The van der Waals surface area contributed by atoms with Crippen molar-refractivity contribution in [2.75, 3.05) is 19.6 Å². The lowest BCUT2D eigenvalue weighted by molar-refractivity contribution is 0.0260. The van der Waals surface area contributed by atoms with Crippen LogP contribution >= 0.6 is 0 Å². The summed E-state index contributed by atoms with van der Waals surface area (Å²) in [5.41, 5.74) is 4.74. The molecule has 0 unspecified atom stereocenters. The zero-order valence-electron chi connectivity index (χ0n) is 18.4. The van der Waals surface area contributed by atoms with E-state index in [0.29, 0.717) is 6.54 Å². The molecule has 1 aliphatic carbocycles. The second kappa shape index (κ2) is 9.22. The van der Waals surface area contributed by atoms with Crippen LogP contribution in [0, 0.1) is 0 Å². The van der Waals surface area contributed by atoms with Gasteiger partial charge in [-0.05, 0) is 67.1 Å². The number of carbonyl (C=O) groups is 1. The maximum absolute atomic E-state index is 12.4. The van der Waals surface area contributed by atoms with Crippen molar-refractivity contribution in [1.29, 1.82) is 0 Å². The van der Waals surface area contributed by atoms with E-state index in [9.17, 15) is 4.79 Å². The summed E-state index contributed by atoms with van der Waals surface area (Å²) in [6.07, 6.45) is 5.48. The molecule has 30 heavy (non-hydrogen) atoms. The van der Waals surface area contributed by atoms with Crippen LogP contribution in [0.2, 0.25) is 0 Å². The first-order chi connectivity index (χ1) is 14.6. The summed E-state index contributed by atoms with van der Waals surface area (Å²) in [6.45, 7) is 8.89. The summed E-state index contributed by atoms with van der Waals surface area (Å²) in [5.74, 6) is 0. The van der Waals surface area contributed by atoms with Crippen LogP contribution in [0.1, 0.15) is 57.1 Å². The van der Waals surface area contributed by atoms with Gasteiger partial charge in [0.2, 0.25) is 0 Å². The quantitative estimate of drug-likeness (QED) is 0.578. The highest BCUT2D eigenvalue weighted by Crippen LogP contribution is 2.37. The third-order valence-corrected chi connectivity index (χ3v) is 6.69. The molecule has 1 aliphatic heterocycles. The fourth-order valence-corrected chi connectivity index (χ4v) is 4.85. The lowest BCUT2D eigenvalue weighted by atomic mass is 9.85. The molecule has 0 atom stereocenters. The van der Waals surface area contributed by atoms with Gasteiger partial charge < -0.3 is 4.74 Å². The second-order valence-corrected chi connectivity index (χ2v) is 8.83. The predicted octanol–water partition coefficient (Wildman–Crippen LogP) is 5.85. The Morgan fingerprint density at radius 2 is 1.67 bits per heavy atom. The molecule has 4 heteroatoms. The standard InChI is InChI=1S/C26H34N2O2/c1-3-27(4-2)18-22-9-8-10-24(17-22)23-13-11-21(12-14-23)19-28-20-26(30-25(28)29)15-6-5-7-16-26/h8-14,17H,3-7,15-16,18-20H2,1-2H3. The first-order valence-corrected chi connectivity index (χ1v) is 11.5. The van der Waals surface area contributed by atoms with Gasteiger partial charge in [0.15, 0.2) is 0 Å². The molecular formula is C26H34N2O2. The monoisotopic (exact) mass is 406 g/mol. The van der Waals surface area contributed by atoms with E-state index in [4.69, 9.17) is 4.74 Å². The molecular weight excluding hydrogens is 372 g/mol. The van der Waals surface area contributed by atoms with E-state index in [1.165, 1.54) is 36.0 Å². The molecule has 1 heterocycles. The fourth-order valence-electron chi connectivity index (χ4n) is 4.85. The Balaban J connectivity index is 1.41. The molecule has 4 rings (SSSR count). The molecule has 2 aromatic rings. The van der Waals surface area contributed by atoms with Gasteiger partial charge in [-0.25, -0.2) is 4.79 Å². The number of rotatable bonds is 7. The highest BCUT2D eigenvalue weighted by atomic mass is 16.6. The normalized spacial score (nSPS) is 18.2. The average Bonchev–Trinajstić information content (AvgIpc) is 3.07. The van der Waals surface area contributed by atoms with Crippen LogP contribution < -0.4 is 0 Å². The lowest BCUT2D eigenvalue weighted by Gasteiger charge is -2.30. The maximum Gasteiger partial charge on any atom is 0.410 e. The van der Waals surface area contributed by atoms with Crippen molar-refractivity contribution >= 4 is 6.09 Å². The van der Waals surface area contributed by atoms with Crippen LogP contribution in [0.25, 0.3) is 11.1 Å². The van der Waals surface area contributed by atoms with Crippen molar-refractivity contribution in [2.24, 2.45) is 0 Å². The molecule has 1 spiro atoms. The smallest absolute Gasteiger partial charge is 0.410 e. The van der Waals surface area contributed by atoms with Crippen molar-refractivity contribution in [2.45, 2.75) is 64.6 Å². The van der Waals surface area contributed by atoms with Crippen LogP contribution in [-0.2, 0) is 17.8 Å². The Kier molecular flexibility index (Phi) is 6.43. The van der Waals surface area contributed by atoms with Gasteiger partial charge in [-0.3, -0.25) is 9.80 Å². The molecule has 0 radical (unpaired) electrons. The van der Waals surface area contributed by atoms with E-state index in [2.05, 4.69) is 67.3 Å². The SMILES string of the molecule is CCN(CC)Cc1cccc(-c2ccc(CN3CC4(CCCCC4)OC3=O)cc2)c1. The number of ether oxygens (including phenoxy) is 1. The Bertz CT molecular complexity index is 852. The minimum atomic E-state index is -0.222. The van der Waals surface area contributed by atoms with Crippen molar-refractivity contribution in [3.05, 3.63) is 59.7 Å². The number of nitrogens with zero attached hydrogens (tertiary/aromatic N) is 2. The van der Waals surface area contributed by atoms with E-state index in [-0.39, 0.29) is 11.7 Å². The molecule has 1 amide bonds. The van der Waals surface area contributed by atoms with Crippen LogP contribution in [0.4, 0.5) is 4.79 Å². The summed E-state index contributed by atoms with van der Waals surface area (Å²) < 4.78 is 5.81. The van der Waals surface area contributed by atoms with E-state index in [1.807, 2.05) is 4.90 Å². The first kappa shape index (κ1) is 20.9. The third kappa shape index (κ3) is 4.70. The van der Waals surface area contributed by atoms with Crippen LogP contribution in [0.3, 0.4) is 0 Å². The minimum Gasteiger partial charge on any atom is -0.441 e. The van der Waals surface area contributed by atoms with Gasteiger partial charge in [-0.2, -0.15) is 0 Å². The number of hydrogen-bond donors (Lipinski definition) is 0. The largest absolute Gasteiger partial charge is 0.441 e. The van der Waals surface area contributed by atoms with E-state index in [0.717, 1.165) is 44.6 Å². The molecule has 0 aromatic heterocycles. The highest BCUT2D eigenvalue weighted by molar-refractivity contribution is 5.71.